The zero-order valence-electron chi connectivity index (χ0n) is 29.7. The Morgan fingerprint density at radius 3 is 0.913 bits per heavy atom. The third-order valence-corrected chi connectivity index (χ3v) is 8.32. The first kappa shape index (κ1) is 38.5. The molecule has 246 valence electrons. The van der Waals surface area contributed by atoms with Gasteiger partial charge in [0.15, 0.2) is 0 Å². The minimum atomic E-state index is 0.978. The van der Waals surface area contributed by atoms with Crippen molar-refractivity contribution in [3.63, 3.8) is 0 Å². The van der Waals surface area contributed by atoms with Crippen molar-refractivity contribution in [2.75, 3.05) is 36.0 Å². The number of hydrogen-bond donors (Lipinski definition) is 0. The lowest BCUT2D eigenvalue weighted by Crippen LogP contribution is -2.25. The minimum absolute atomic E-state index is 0.978. The van der Waals surface area contributed by atoms with Crippen LogP contribution in [0.25, 0.3) is 0 Å². The summed E-state index contributed by atoms with van der Waals surface area (Å²) in [5.41, 5.74) is 4.55. The average molecular weight is 617 g/mol. The van der Waals surface area contributed by atoms with Crippen molar-refractivity contribution in [2.45, 2.75) is 130 Å². The van der Waals surface area contributed by atoms with Gasteiger partial charge in [0, 0.05) is 48.7 Å². The van der Waals surface area contributed by atoms with Gasteiger partial charge in [-0.3, -0.25) is 0 Å². The largest absolute Gasteiger partial charge is 0.372 e. The molecule has 2 heteroatoms. The molecule has 0 saturated heterocycles. The van der Waals surface area contributed by atoms with Gasteiger partial charge in [-0.1, -0.05) is 117 Å². The Balaban J connectivity index is 1.91. The number of anilines is 2. The van der Waals surface area contributed by atoms with Crippen LogP contribution in [-0.4, -0.2) is 26.2 Å². The van der Waals surface area contributed by atoms with Gasteiger partial charge >= 0.3 is 0 Å². The first-order chi connectivity index (χ1) is 22.7. The molecule has 2 nitrogen and oxygen atoms in total. The van der Waals surface area contributed by atoms with E-state index in [0.29, 0.717) is 0 Å². The summed E-state index contributed by atoms with van der Waals surface area (Å²) < 4.78 is 0. The van der Waals surface area contributed by atoms with Crippen LogP contribution in [0.5, 0.6) is 0 Å². The highest BCUT2D eigenvalue weighted by Gasteiger charge is 2.07. The molecule has 0 unspecified atom stereocenters. The van der Waals surface area contributed by atoms with E-state index in [1.807, 2.05) is 0 Å². The zero-order valence-corrected chi connectivity index (χ0v) is 29.7. The Kier molecular flexibility index (Phi) is 22.2. The van der Waals surface area contributed by atoms with Gasteiger partial charge in [-0.25, -0.2) is 0 Å². The summed E-state index contributed by atoms with van der Waals surface area (Å²) in [5.74, 6) is 23.5. The van der Waals surface area contributed by atoms with Gasteiger partial charge < -0.3 is 9.80 Å². The van der Waals surface area contributed by atoms with Crippen molar-refractivity contribution in [2.24, 2.45) is 0 Å². The molecule has 0 amide bonds. The monoisotopic (exact) mass is 616 g/mol. The van der Waals surface area contributed by atoms with Crippen LogP contribution in [-0.2, 0) is 0 Å². The predicted octanol–water partition coefficient (Wildman–Crippen LogP) is 11.0. The van der Waals surface area contributed by atoms with Crippen molar-refractivity contribution in [3.05, 3.63) is 59.7 Å². The van der Waals surface area contributed by atoms with E-state index in [0.717, 1.165) is 37.3 Å². The number of rotatable bonds is 22. The molecule has 0 saturated carbocycles. The Morgan fingerprint density at radius 2 is 0.630 bits per heavy atom. The van der Waals surface area contributed by atoms with Gasteiger partial charge in [0.05, 0.1) is 0 Å². The Labute approximate surface area is 284 Å². The van der Waals surface area contributed by atoms with Crippen LogP contribution in [0, 0.1) is 47.4 Å². The van der Waals surface area contributed by atoms with E-state index in [2.05, 4.69) is 133 Å². The van der Waals surface area contributed by atoms with E-state index in [1.54, 1.807) is 0 Å². The fourth-order valence-electron chi connectivity index (χ4n) is 5.50. The minimum Gasteiger partial charge on any atom is -0.372 e. The number of unbranched alkanes of at least 4 members (excludes halogenated alkanes) is 12. The lowest BCUT2D eigenvalue weighted by molar-refractivity contribution is 0.609. The molecule has 46 heavy (non-hydrogen) atoms. The third kappa shape index (κ3) is 17.7. The summed E-state index contributed by atoms with van der Waals surface area (Å²) >= 11 is 0. The van der Waals surface area contributed by atoms with E-state index < -0.39 is 0 Å². The molecule has 0 aliphatic rings. The Hall–Kier alpha value is -3.72. The highest BCUT2D eigenvalue weighted by Crippen LogP contribution is 2.19. The van der Waals surface area contributed by atoms with Crippen LogP contribution in [0.4, 0.5) is 11.4 Å². The summed E-state index contributed by atoms with van der Waals surface area (Å²) in [7, 11) is 0. The fraction of sp³-hybridized carbons (Fsp3) is 0.545. The standard InChI is InChI=1S/C44H60N2/c1-5-9-13-23-37-45(38-24-14-10-6-2)43-33-29-41(30-34-43)27-21-19-17-18-20-22-28-42-31-35-44(36-32-42)46(39-25-15-11-7-3)40-26-16-12-8-4/h29-36H,5-16,23-26,37-40H2,1-4H3. The molecule has 0 aliphatic carbocycles. The molecule has 2 aromatic rings. The lowest BCUT2D eigenvalue weighted by atomic mass is 10.1. The van der Waals surface area contributed by atoms with Crippen molar-refractivity contribution in [3.8, 4) is 47.4 Å². The maximum atomic E-state index is 3.15. The second kappa shape index (κ2) is 26.5. The van der Waals surface area contributed by atoms with E-state index in [9.17, 15) is 0 Å². The smallest absolute Gasteiger partial charge is 0.0367 e. The highest BCUT2D eigenvalue weighted by atomic mass is 15.1. The summed E-state index contributed by atoms with van der Waals surface area (Å²) in [5, 5.41) is 0. The molecule has 0 fully saturated rings. The SMILES string of the molecule is CCCCCCN(CCCCCC)c1ccc(C#CC#CC#CC#Cc2ccc(N(CCCCCC)CCCCCC)cc2)cc1. The highest BCUT2D eigenvalue weighted by molar-refractivity contribution is 5.53. The van der Waals surface area contributed by atoms with Crippen molar-refractivity contribution < 1.29 is 0 Å². The second-order valence-corrected chi connectivity index (χ2v) is 12.3. The summed E-state index contributed by atoms with van der Waals surface area (Å²) in [6.07, 6.45) is 20.7. The lowest BCUT2D eigenvalue weighted by Gasteiger charge is -2.25. The molecule has 0 radical (unpaired) electrons. The first-order valence-corrected chi connectivity index (χ1v) is 18.4. The summed E-state index contributed by atoms with van der Waals surface area (Å²) in [4.78, 5) is 5.10. The average Bonchev–Trinajstić information content (AvgIpc) is 3.08. The van der Waals surface area contributed by atoms with Crippen LogP contribution in [0.2, 0.25) is 0 Å². The predicted molar refractivity (Wildman–Crippen MR) is 203 cm³/mol. The van der Waals surface area contributed by atoms with Crippen LogP contribution >= 0.6 is 0 Å². The zero-order chi connectivity index (χ0) is 32.9. The first-order valence-electron chi connectivity index (χ1n) is 18.4. The normalized spacial score (nSPS) is 9.91. The molecule has 0 N–H and O–H groups in total. The second-order valence-electron chi connectivity index (χ2n) is 12.3. The molecule has 0 bridgehead atoms. The quantitative estimate of drug-likeness (QED) is 0.0959. The maximum absolute atomic E-state index is 3.15. The molecule has 0 aromatic heterocycles. The van der Waals surface area contributed by atoms with Crippen LogP contribution < -0.4 is 9.80 Å². The van der Waals surface area contributed by atoms with Crippen LogP contribution in [0.1, 0.15) is 142 Å². The third-order valence-electron chi connectivity index (χ3n) is 8.32. The molecule has 0 spiro atoms. The fourth-order valence-corrected chi connectivity index (χ4v) is 5.50. The van der Waals surface area contributed by atoms with Crippen LogP contribution in [0.3, 0.4) is 0 Å². The van der Waals surface area contributed by atoms with Gasteiger partial charge in [0.1, 0.15) is 0 Å². The van der Waals surface area contributed by atoms with Crippen molar-refractivity contribution in [1.82, 2.24) is 0 Å². The van der Waals surface area contributed by atoms with E-state index >= 15 is 0 Å². The van der Waals surface area contributed by atoms with E-state index in [4.69, 9.17) is 0 Å². The van der Waals surface area contributed by atoms with E-state index in [-0.39, 0.29) is 0 Å². The number of nitrogens with zero attached hydrogens (tertiary/aromatic N) is 2. The molecule has 0 heterocycles. The van der Waals surface area contributed by atoms with E-state index in [1.165, 1.54) is 114 Å². The molecule has 2 rings (SSSR count). The van der Waals surface area contributed by atoms with Gasteiger partial charge in [-0.2, -0.15) is 0 Å². The van der Waals surface area contributed by atoms with Gasteiger partial charge in [0.2, 0.25) is 0 Å². The van der Waals surface area contributed by atoms with Gasteiger partial charge in [0.25, 0.3) is 0 Å². The van der Waals surface area contributed by atoms with Crippen molar-refractivity contribution >= 4 is 11.4 Å². The van der Waals surface area contributed by atoms with Crippen molar-refractivity contribution in [1.29, 1.82) is 0 Å². The topological polar surface area (TPSA) is 6.48 Å². The molecule has 2 aromatic carbocycles. The van der Waals surface area contributed by atoms with Crippen LogP contribution in [0.15, 0.2) is 48.5 Å². The molecular weight excluding hydrogens is 556 g/mol. The van der Waals surface area contributed by atoms with Gasteiger partial charge in [-0.15, -0.1) is 0 Å². The Morgan fingerprint density at radius 1 is 0.348 bits per heavy atom. The molecule has 0 aliphatic heterocycles. The van der Waals surface area contributed by atoms with Gasteiger partial charge in [-0.05, 0) is 110 Å². The maximum Gasteiger partial charge on any atom is 0.0367 e. The Bertz CT molecular complexity index is 1180. The summed E-state index contributed by atoms with van der Waals surface area (Å²) in [6.45, 7) is 13.6. The summed E-state index contributed by atoms with van der Waals surface area (Å²) in [6, 6.07) is 17.3. The molecule has 0 atom stereocenters. The number of hydrogen-bond acceptors (Lipinski definition) is 2. The molecular formula is C44H60N2. The number of benzene rings is 2.